The molecule has 1 rings (SSSR count). The number of rotatable bonds is 33. The number of unbranched alkanes of at least 4 members (excludes halogenated alkanes) is 19. The van der Waals surface area contributed by atoms with E-state index in [1.165, 1.54) is 70.6 Å². The van der Waals surface area contributed by atoms with Crippen molar-refractivity contribution in [3.05, 3.63) is 12.2 Å². The third kappa shape index (κ3) is 24.0. The quantitative estimate of drug-likeness (QED) is 0.0177. The number of carbonyl (C=O) groups is 2. The zero-order chi connectivity index (χ0) is 39.3. The molecule has 0 aromatic carbocycles. The Balaban J connectivity index is 2.53. The van der Waals surface area contributed by atoms with Gasteiger partial charge in [-0.15, -0.1) is 0 Å². The van der Waals surface area contributed by atoms with Gasteiger partial charge in [0, 0.05) is 12.8 Å². The molecule has 0 heterocycles. The highest BCUT2D eigenvalue weighted by Crippen LogP contribution is 2.47. The third-order valence-corrected chi connectivity index (χ3v) is 10.6. The van der Waals surface area contributed by atoms with Gasteiger partial charge in [0.25, 0.3) is 0 Å². The minimum absolute atomic E-state index is 0.0898. The van der Waals surface area contributed by atoms with Crippen LogP contribution in [0.5, 0.6) is 0 Å². The summed E-state index contributed by atoms with van der Waals surface area (Å²) in [5.74, 6) is -1.11. The van der Waals surface area contributed by atoms with Crippen molar-refractivity contribution in [1.82, 2.24) is 0 Å². The fraction of sp³-hybridized carbons (Fsp3) is 0.897. The number of ether oxygens (including phenoxy) is 2. The average Bonchev–Trinajstić information content (AvgIpc) is 3.13. The van der Waals surface area contributed by atoms with E-state index in [1.807, 2.05) is 0 Å². The van der Waals surface area contributed by atoms with E-state index in [2.05, 4.69) is 26.0 Å². The van der Waals surface area contributed by atoms with E-state index < -0.39 is 75.7 Å². The molecule has 8 atom stereocenters. The van der Waals surface area contributed by atoms with Gasteiger partial charge in [-0.2, -0.15) is 0 Å². The summed E-state index contributed by atoms with van der Waals surface area (Å²) in [6.07, 6.45) is 15.7. The predicted molar refractivity (Wildman–Crippen MR) is 203 cm³/mol. The Kier molecular flexibility index (Phi) is 28.8. The molecular formula is C39H73O13P. The summed E-state index contributed by atoms with van der Waals surface area (Å²) < 4.78 is 33.3. The van der Waals surface area contributed by atoms with Crippen molar-refractivity contribution in [3.63, 3.8) is 0 Å². The number of carbonyl (C=O) groups excluding carboxylic acids is 2. The van der Waals surface area contributed by atoms with Crippen molar-refractivity contribution in [2.75, 3.05) is 13.2 Å². The number of esters is 2. The highest BCUT2D eigenvalue weighted by molar-refractivity contribution is 7.47. The molecule has 1 aliphatic rings. The molecule has 13 nitrogen and oxygen atoms in total. The summed E-state index contributed by atoms with van der Waals surface area (Å²) in [6, 6.07) is 0. The molecule has 0 aromatic heterocycles. The van der Waals surface area contributed by atoms with Gasteiger partial charge in [-0.3, -0.25) is 18.6 Å². The number of hydrogen-bond acceptors (Lipinski definition) is 12. The smallest absolute Gasteiger partial charge is 0.462 e. The maximum absolute atomic E-state index is 12.7. The molecule has 0 amide bonds. The first-order chi connectivity index (χ1) is 25.4. The van der Waals surface area contributed by atoms with E-state index in [1.54, 1.807) is 0 Å². The summed E-state index contributed by atoms with van der Waals surface area (Å²) in [7, 11) is -5.11. The molecular weight excluding hydrogens is 707 g/mol. The molecule has 312 valence electrons. The lowest BCUT2D eigenvalue weighted by Gasteiger charge is -2.41. The fourth-order valence-electron chi connectivity index (χ4n) is 6.22. The maximum atomic E-state index is 12.7. The van der Waals surface area contributed by atoms with Gasteiger partial charge in [0.2, 0.25) is 0 Å². The van der Waals surface area contributed by atoms with E-state index in [4.69, 9.17) is 18.5 Å². The summed E-state index contributed by atoms with van der Waals surface area (Å²) in [4.78, 5) is 35.5. The van der Waals surface area contributed by atoms with E-state index in [0.717, 1.165) is 57.8 Å². The molecule has 6 N–H and O–H groups in total. The highest BCUT2D eigenvalue weighted by atomic mass is 31.2. The van der Waals surface area contributed by atoms with Crippen molar-refractivity contribution in [1.29, 1.82) is 0 Å². The lowest BCUT2D eigenvalue weighted by atomic mass is 9.85. The molecule has 53 heavy (non-hydrogen) atoms. The van der Waals surface area contributed by atoms with Crippen LogP contribution in [0, 0.1) is 0 Å². The van der Waals surface area contributed by atoms with Gasteiger partial charge in [-0.25, -0.2) is 4.57 Å². The number of aliphatic hydroxyl groups excluding tert-OH is 5. The Labute approximate surface area is 318 Å². The van der Waals surface area contributed by atoms with Crippen molar-refractivity contribution in [2.45, 2.75) is 211 Å². The van der Waals surface area contributed by atoms with Crippen LogP contribution < -0.4 is 0 Å². The Morgan fingerprint density at radius 1 is 0.566 bits per heavy atom. The first-order valence-corrected chi connectivity index (χ1v) is 22.0. The van der Waals surface area contributed by atoms with Crippen LogP contribution in [0.1, 0.15) is 168 Å². The second kappa shape index (κ2) is 30.8. The largest absolute Gasteiger partial charge is 0.472 e. The van der Waals surface area contributed by atoms with Crippen LogP contribution in [-0.4, -0.2) is 98.3 Å². The average molecular weight is 781 g/mol. The summed E-state index contributed by atoms with van der Waals surface area (Å²) in [6.45, 7) is 3.24. The minimum Gasteiger partial charge on any atom is -0.462 e. The lowest BCUT2D eigenvalue weighted by molar-refractivity contribution is -0.220. The van der Waals surface area contributed by atoms with Crippen molar-refractivity contribution in [2.24, 2.45) is 0 Å². The first-order valence-electron chi connectivity index (χ1n) is 20.5. The van der Waals surface area contributed by atoms with Gasteiger partial charge in [0.1, 0.15) is 43.2 Å². The van der Waals surface area contributed by atoms with Crippen LogP contribution in [0.25, 0.3) is 0 Å². The van der Waals surface area contributed by atoms with Crippen LogP contribution in [0.2, 0.25) is 0 Å². The zero-order valence-electron chi connectivity index (χ0n) is 32.6. The number of phosphoric acid groups is 1. The monoisotopic (exact) mass is 780 g/mol. The van der Waals surface area contributed by atoms with Gasteiger partial charge in [0.15, 0.2) is 6.10 Å². The van der Waals surface area contributed by atoms with E-state index in [9.17, 15) is 44.6 Å². The van der Waals surface area contributed by atoms with Crippen molar-refractivity contribution >= 4 is 19.8 Å². The molecule has 1 fully saturated rings. The SMILES string of the molecule is CCCCC/C=C\CCCCCCCC(=O)O[C@H](COC(=O)CCCCCCCCCCCCCC)COP(=O)(O)OC1C(O)C(O)C(O)[C@@H](O)C1O. The first kappa shape index (κ1) is 49.6. The third-order valence-electron chi connectivity index (χ3n) is 9.61. The molecule has 1 aliphatic carbocycles. The maximum Gasteiger partial charge on any atom is 0.472 e. The predicted octanol–water partition coefficient (Wildman–Crippen LogP) is 6.72. The second-order valence-electron chi connectivity index (χ2n) is 14.5. The Morgan fingerprint density at radius 2 is 0.962 bits per heavy atom. The molecule has 0 radical (unpaired) electrons. The van der Waals surface area contributed by atoms with Gasteiger partial charge in [0.05, 0.1) is 6.61 Å². The van der Waals surface area contributed by atoms with Gasteiger partial charge < -0.3 is 39.9 Å². The molecule has 0 aliphatic heterocycles. The molecule has 1 saturated carbocycles. The van der Waals surface area contributed by atoms with Gasteiger partial charge >= 0.3 is 19.8 Å². The molecule has 0 bridgehead atoms. The van der Waals surface area contributed by atoms with Gasteiger partial charge in [-0.1, -0.05) is 129 Å². The lowest BCUT2D eigenvalue weighted by Crippen LogP contribution is -2.64. The van der Waals surface area contributed by atoms with Crippen LogP contribution in [-0.2, 0) is 32.7 Å². The zero-order valence-corrected chi connectivity index (χ0v) is 33.5. The molecule has 14 heteroatoms. The molecule has 0 spiro atoms. The highest BCUT2D eigenvalue weighted by Gasteiger charge is 2.51. The number of aliphatic hydroxyl groups is 5. The molecule has 0 aromatic rings. The van der Waals surface area contributed by atoms with Crippen LogP contribution in [0.15, 0.2) is 12.2 Å². The normalized spacial score (nSPS) is 23.5. The van der Waals surface area contributed by atoms with Crippen LogP contribution >= 0.6 is 7.82 Å². The summed E-state index contributed by atoms with van der Waals surface area (Å²) in [5.41, 5.74) is 0. The number of phosphoric ester groups is 1. The fourth-order valence-corrected chi connectivity index (χ4v) is 7.19. The molecule has 0 saturated heterocycles. The van der Waals surface area contributed by atoms with Crippen molar-refractivity contribution in [3.8, 4) is 0 Å². The van der Waals surface area contributed by atoms with E-state index in [-0.39, 0.29) is 12.8 Å². The summed E-state index contributed by atoms with van der Waals surface area (Å²) in [5, 5.41) is 49.9. The van der Waals surface area contributed by atoms with E-state index in [0.29, 0.717) is 12.8 Å². The van der Waals surface area contributed by atoms with Gasteiger partial charge in [-0.05, 0) is 38.5 Å². The summed E-state index contributed by atoms with van der Waals surface area (Å²) >= 11 is 0. The Bertz CT molecular complexity index is 996. The minimum atomic E-state index is -5.11. The van der Waals surface area contributed by atoms with E-state index >= 15 is 0 Å². The Hall–Kier alpha value is -1.41. The Morgan fingerprint density at radius 3 is 1.47 bits per heavy atom. The number of allylic oxidation sites excluding steroid dienone is 2. The van der Waals surface area contributed by atoms with Crippen LogP contribution in [0.3, 0.4) is 0 Å². The van der Waals surface area contributed by atoms with Crippen LogP contribution in [0.4, 0.5) is 0 Å². The second-order valence-corrected chi connectivity index (χ2v) is 15.9. The topological polar surface area (TPSA) is 210 Å². The van der Waals surface area contributed by atoms with Crippen molar-refractivity contribution < 1.29 is 63.1 Å². The molecule has 6 unspecified atom stereocenters. The standard InChI is InChI=1S/C39H73O13P/c1-3-5-7-9-11-13-15-17-19-21-23-25-27-32(40)49-29-31(51-33(41)28-26-24-22-20-18-16-14-12-10-8-6-4-2)30-50-53(47,48)52-39-37(45)35(43)34(42)36(44)38(39)46/h12,14,31,34-39,42-46H,3-11,13,15-30H2,1-2H3,(H,47,48)/b14-12-/t31-,34?,35-,36?,37?,38?,39?/m1/s1. The number of hydrogen-bond donors (Lipinski definition) is 6.